The van der Waals surface area contributed by atoms with Crippen molar-refractivity contribution in [2.24, 2.45) is 5.10 Å². The van der Waals surface area contributed by atoms with Gasteiger partial charge >= 0.3 is 0 Å². The van der Waals surface area contributed by atoms with E-state index in [-0.39, 0.29) is 0 Å². The number of imidazole rings is 1. The molecule has 2 aromatic carbocycles. The predicted octanol–water partition coefficient (Wildman–Crippen LogP) is 4.33. The zero-order valence-electron chi connectivity index (χ0n) is 14.0. The summed E-state index contributed by atoms with van der Waals surface area (Å²) in [6, 6.07) is 14.2. The van der Waals surface area contributed by atoms with Crippen LogP contribution in [0.2, 0.25) is 0 Å². The minimum Gasteiger partial charge on any atom is -0.377 e. The lowest BCUT2D eigenvalue weighted by Gasteiger charge is -2.14. The molecular formula is C18H20BrN5. The van der Waals surface area contributed by atoms with Gasteiger partial charge in [-0.25, -0.2) is 10.4 Å². The number of aryl methyl sites for hydroxylation is 1. The number of hydrogen-bond donors (Lipinski definition) is 1. The van der Waals surface area contributed by atoms with Gasteiger partial charge in [0.15, 0.2) is 0 Å². The van der Waals surface area contributed by atoms with Gasteiger partial charge in [-0.1, -0.05) is 18.2 Å². The number of rotatable bonds is 5. The summed E-state index contributed by atoms with van der Waals surface area (Å²) in [5.74, 6) is 0.749. The summed E-state index contributed by atoms with van der Waals surface area (Å²) in [6.07, 6.45) is 1.80. The van der Waals surface area contributed by atoms with Crippen molar-refractivity contribution in [2.45, 2.75) is 13.5 Å². The molecule has 0 aliphatic heterocycles. The third kappa shape index (κ3) is 3.28. The topological polar surface area (TPSA) is 45.5 Å². The summed E-state index contributed by atoms with van der Waals surface area (Å²) < 4.78 is 3.15. The van der Waals surface area contributed by atoms with Gasteiger partial charge in [-0.3, -0.25) is 0 Å². The molecule has 1 aromatic heterocycles. The smallest absolute Gasteiger partial charge is 0.224 e. The number of benzene rings is 2. The van der Waals surface area contributed by atoms with Gasteiger partial charge in [0.25, 0.3) is 0 Å². The highest BCUT2D eigenvalue weighted by molar-refractivity contribution is 9.10. The Morgan fingerprint density at radius 3 is 2.75 bits per heavy atom. The van der Waals surface area contributed by atoms with E-state index in [2.05, 4.69) is 60.0 Å². The molecule has 3 aromatic rings. The highest BCUT2D eigenvalue weighted by Crippen LogP contribution is 2.25. The van der Waals surface area contributed by atoms with Gasteiger partial charge in [0.05, 0.1) is 22.9 Å². The van der Waals surface area contributed by atoms with Gasteiger partial charge in [-0.05, 0) is 52.7 Å². The molecule has 0 radical (unpaired) electrons. The number of hydrazone groups is 1. The van der Waals surface area contributed by atoms with Crippen LogP contribution in [0.5, 0.6) is 0 Å². The van der Waals surface area contributed by atoms with Crippen LogP contribution in [0.15, 0.2) is 52.0 Å². The average Bonchev–Trinajstić information content (AvgIpc) is 2.92. The molecule has 0 saturated carbocycles. The summed E-state index contributed by atoms with van der Waals surface area (Å²) in [4.78, 5) is 6.65. The van der Waals surface area contributed by atoms with Crippen LogP contribution in [-0.2, 0) is 6.54 Å². The average molecular weight is 386 g/mol. The van der Waals surface area contributed by atoms with Crippen LogP contribution in [0.4, 0.5) is 11.6 Å². The number of anilines is 2. The van der Waals surface area contributed by atoms with Crippen LogP contribution < -0.4 is 10.3 Å². The van der Waals surface area contributed by atoms with Gasteiger partial charge in [-0.2, -0.15) is 5.10 Å². The van der Waals surface area contributed by atoms with E-state index in [0.717, 1.165) is 39.3 Å². The molecule has 0 aliphatic rings. The lowest BCUT2D eigenvalue weighted by molar-refractivity contribution is 0.791. The Kier molecular flexibility index (Phi) is 4.85. The molecule has 6 heteroatoms. The van der Waals surface area contributed by atoms with Crippen LogP contribution in [0.1, 0.15) is 12.5 Å². The predicted molar refractivity (Wildman–Crippen MR) is 105 cm³/mol. The number of para-hydroxylation sites is 2. The van der Waals surface area contributed by atoms with Crippen molar-refractivity contribution >= 4 is 44.8 Å². The quantitative estimate of drug-likeness (QED) is 0.525. The Balaban J connectivity index is 1.80. The third-order valence-electron chi connectivity index (χ3n) is 3.80. The van der Waals surface area contributed by atoms with Gasteiger partial charge in [0.1, 0.15) is 0 Å². The molecule has 124 valence electrons. The first kappa shape index (κ1) is 16.5. The third-order valence-corrected chi connectivity index (χ3v) is 4.44. The second-order valence-electron chi connectivity index (χ2n) is 5.64. The van der Waals surface area contributed by atoms with Crippen LogP contribution in [0.25, 0.3) is 11.0 Å². The van der Waals surface area contributed by atoms with E-state index in [1.54, 1.807) is 6.21 Å². The Hall–Kier alpha value is -2.34. The number of nitrogens with zero attached hydrogens (tertiary/aromatic N) is 4. The maximum Gasteiger partial charge on any atom is 0.224 e. The molecule has 0 spiro atoms. The molecule has 0 atom stereocenters. The van der Waals surface area contributed by atoms with Crippen molar-refractivity contribution in [3.05, 3.63) is 52.5 Å². The Bertz CT molecular complexity index is 882. The van der Waals surface area contributed by atoms with Gasteiger partial charge in [0.2, 0.25) is 5.95 Å². The number of hydrogen-bond acceptors (Lipinski definition) is 4. The molecule has 0 amide bonds. The first-order chi connectivity index (χ1) is 11.6. The first-order valence-corrected chi connectivity index (χ1v) is 8.60. The van der Waals surface area contributed by atoms with E-state index in [1.165, 1.54) is 0 Å². The highest BCUT2D eigenvalue weighted by atomic mass is 79.9. The van der Waals surface area contributed by atoms with Gasteiger partial charge in [-0.15, -0.1) is 0 Å². The van der Waals surface area contributed by atoms with E-state index in [4.69, 9.17) is 0 Å². The normalized spacial score (nSPS) is 11.3. The number of halogens is 1. The maximum absolute atomic E-state index is 4.59. The van der Waals surface area contributed by atoms with E-state index in [1.807, 2.05) is 44.4 Å². The summed E-state index contributed by atoms with van der Waals surface area (Å²) >= 11 is 3.59. The number of fused-ring (bicyclic) bond motifs is 1. The van der Waals surface area contributed by atoms with Crippen LogP contribution in [0, 0.1) is 0 Å². The fraction of sp³-hybridized carbons (Fsp3) is 0.222. The highest BCUT2D eigenvalue weighted by Gasteiger charge is 2.07. The Morgan fingerprint density at radius 1 is 1.25 bits per heavy atom. The summed E-state index contributed by atoms with van der Waals surface area (Å²) in [7, 11) is 4.04. The molecule has 5 nitrogen and oxygen atoms in total. The minimum atomic E-state index is 0.749. The lowest BCUT2D eigenvalue weighted by Crippen LogP contribution is -2.09. The van der Waals surface area contributed by atoms with Crippen molar-refractivity contribution in [1.82, 2.24) is 9.55 Å². The van der Waals surface area contributed by atoms with Crippen molar-refractivity contribution in [3.8, 4) is 0 Å². The van der Waals surface area contributed by atoms with Crippen LogP contribution >= 0.6 is 15.9 Å². The lowest BCUT2D eigenvalue weighted by atomic mass is 10.2. The van der Waals surface area contributed by atoms with E-state index in [9.17, 15) is 0 Å². The van der Waals surface area contributed by atoms with Crippen molar-refractivity contribution < 1.29 is 0 Å². The SMILES string of the molecule is CCn1c(N/N=C\c2ccc(N(C)C)c(Br)c2)nc2ccccc21. The minimum absolute atomic E-state index is 0.749. The zero-order chi connectivity index (χ0) is 17.1. The molecule has 0 unspecified atom stereocenters. The van der Waals surface area contributed by atoms with Crippen molar-refractivity contribution in [1.29, 1.82) is 0 Å². The fourth-order valence-corrected chi connectivity index (χ4v) is 3.36. The number of aromatic nitrogens is 2. The maximum atomic E-state index is 4.59. The molecule has 0 aliphatic carbocycles. The van der Waals surface area contributed by atoms with E-state index in [0.29, 0.717) is 0 Å². The summed E-state index contributed by atoms with van der Waals surface area (Å²) in [5, 5.41) is 4.34. The molecule has 24 heavy (non-hydrogen) atoms. The monoisotopic (exact) mass is 385 g/mol. The molecule has 1 N–H and O–H groups in total. The Morgan fingerprint density at radius 2 is 2.04 bits per heavy atom. The standard InChI is InChI=1S/C18H20BrN5/c1-4-24-17-8-6-5-7-15(17)21-18(24)22-20-12-13-9-10-16(23(2)3)14(19)11-13/h5-12H,4H2,1-3H3,(H,21,22)/b20-12-. The van der Waals surface area contributed by atoms with Crippen molar-refractivity contribution in [2.75, 3.05) is 24.4 Å². The first-order valence-electron chi connectivity index (χ1n) is 7.81. The summed E-state index contributed by atoms with van der Waals surface area (Å²) in [6.45, 7) is 2.93. The largest absolute Gasteiger partial charge is 0.377 e. The molecular weight excluding hydrogens is 366 g/mol. The molecule has 1 heterocycles. The van der Waals surface area contributed by atoms with Crippen molar-refractivity contribution in [3.63, 3.8) is 0 Å². The van der Waals surface area contributed by atoms with E-state index < -0.39 is 0 Å². The van der Waals surface area contributed by atoms with Gasteiger partial charge in [0, 0.05) is 25.1 Å². The van der Waals surface area contributed by atoms with Crippen LogP contribution in [0.3, 0.4) is 0 Å². The zero-order valence-corrected chi connectivity index (χ0v) is 15.6. The van der Waals surface area contributed by atoms with Gasteiger partial charge < -0.3 is 9.47 Å². The van der Waals surface area contributed by atoms with E-state index >= 15 is 0 Å². The molecule has 3 rings (SSSR count). The van der Waals surface area contributed by atoms with Crippen LogP contribution in [-0.4, -0.2) is 29.9 Å². The number of nitrogens with one attached hydrogen (secondary N) is 1. The fourth-order valence-electron chi connectivity index (χ4n) is 2.61. The molecule has 0 saturated heterocycles. The summed E-state index contributed by atoms with van der Waals surface area (Å²) in [5.41, 5.74) is 7.27. The second kappa shape index (κ2) is 7.05. The Labute approximate surface area is 150 Å². The second-order valence-corrected chi connectivity index (χ2v) is 6.50. The molecule has 0 bridgehead atoms. The molecule has 0 fully saturated rings.